The molecule has 0 amide bonds. The van der Waals surface area contributed by atoms with Gasteiger partial charge in [-0.25, -0.2) is 4.79 Å². The first kappa shape index (κ1) is 14.5. The normalized spacial score (nSPS) is 10.2. The maximum absolute atomic E-state index is 11.3. The lowest BCUT2D eigenvalue weighted by molar-refractivity contribution is 0.0600. The van der Waals surface area contributed by atoms with Crippen molar-refractivity contribution in [2.24, 2.45) is 0 Å². The molecule has 2 aromatic rings. The van der Waals surface area contributed by atoms with Crippen LogP contribution in [0.25, 0.3) is 0 Å². The molecule has 0 spiro atoms. The Hall–Kier alpha value is -1.95. The molecule has 0 aliphatic carbocycles. The van der Waals surface area contributed by atoms with Crippen molar-refractivity contribution in [3.05, 3.63) is 45.7 Å². The highest BCUT2D eigenvalue weighted by Gasteiger charge is 2.09. The van der Waals surface area contributed by atoms with Crippen molar-refractivity contribution < 1.29 is 14.3 Å². The molecule has 5 nitrogen and oxygen atoms in total. The molecule has 104 valence electrons. The summed E-state index contributed by atoms with van der Waals surface area (Å²) in [7, 11) is 1.34. The fourth-order valence-electron chi connectivity index (χ4n) is 1.60. The number of benzene rings is 1. The predicted octanol–water partition coefficient (Wildman–Crippen LogP) is 3.43. The van der Waals surface area contributed by atoms with Gasteiger partial charge in [0.15, 0.2) is 0 Å². The minimum absolute atomic E-state index is 0.272. The van der Waals surface area contributed by atoms with Crippen LogP contribution in [0.1, 0.15) is 21.7 Å². The fraction of sp³-hybridized carbons (Fsp3) is 0.214. The highest BCUT2D eigenvalue weighted by molar-refractivity contribution is 9.10. The van der Waals surface area contributed by atoms with Gasteiger partial charge in [0.2, 0.25) is 0 Å². The van der Waals surface area contributed by atoms with Crippen molar-refractivity contribution in [1.82, 2.24) is 9.97 Å². The average Bonchev–Trinajstić information content (AvgIpc) is 2.44. The van der Waals surface area contributed by atoms with Gasteiger partial charge in [0.05, 0.1) is 28.5 Å². The SMILES string of the molecule is COC(=O)c1ccc(Oc2nc(C)c(Br)c(C)n2)cc1. The molecule has 0 atom stereocenters. The van der Waals surface area contributed by atoms with E-state index in [-0.39, 0.29) is 12.0 Å². The second-order valence-corrected chi connectivity index (χ2v) is 4.90. The summed E-state index contributed by atoms with van der Waals surface area (Å²) in [5, 5.41) is 0. The quantitative estimate of drug-likeness (QED) is 0.803. The van der Waals surface area contributed by atoms with Gasteiger partial charge in [0.25, 0.3) is 0 Å². The summed E-state index contributed by atoms with van der Waals surface area (Å²) >= 11 is 3.40. The first-order valence-corrected chi connectivity index (χ1v) is 6.67. The first-order chi connectivity index (χ1) is 9.51. The van der Waals surface area contributed by atoms with Crippen molar-refractivity contribution in [1.29, 1.82) is 0 Å². The zero-order valence-corrected chi connectivity index (χ0v) is 12.9. The van der Waals surface area contributed by atoms with Gasteiger partial charge in [0.1, 0.15) is 5.75 Å². The molecule has 0 saturated carbocycles. The summed E-state index contributed by atoms with van der Waals surface area (Å²) in [6, 6.07) is 6.86. The van der Waals surface area contributed by atoms with E-state index < -0.39 is 0 Å². The van der Waals surface area contributed by atoms with Gasteiger partial charge in [-0.2, -0.15) is 9.97 Å². The highest BCUT2D eigenvalue weighted by Crippen LogP contribution is 2.23. The molecule has 0 unspecified atom stereocenters. The Balaban J connectivity index is 2.20. The standard InChI is InChI=1S/C14H13BrN2O3/c1-8-12(15)9(2)17-14(16-8)20-11-6-4-10(5-7-11)13(18)19-3/h4-7H,1-3H3. The molecule has 0 bridgehead atoms. The van der Waals surface area contributed by atoms with E-state index in [0.717, 1.165) is 15.9 Å². The Morgan fingerprint density at radius 2 is 1.65 bits per heavy atom. The summed E-state index contributed by atoms with van der Waals surface area (Å²) in [5.74, 6) is 0.168. The summed E-state index contributed by atoms with van der Waals surface area (Å²) in [4.78, 5) is 19.8. The van der Waals surface area contributed by atoms with Gasteiger partial charge >= 0.3 is 12.0 Å². The molecule has 0 radical (unpaired) electrons. The van der Waals surface area contributed by atoms with Gasteiger partial charge in [-0.15, -0.1) is 0 Å². The minimum Gasteiger partial charge on any atom is -0.465 e. The molecular formula is C14H13BrN2O3. The maximum Gasteiger partial charge on any atom is 0.337 e. The number of nitrogens with zero attached hydrogens (tertiary/aromatic N) is 2. The Labute approximate surface area is 125 Å². The summed E-state index contributed by atoms with van der Waals surface area (Å²) in [5.41, 5.74) is 2.07. The monoisotopic (exact) mass is 336 g/mol. The Morgan fingerprint density at radius 3 is 2.15 bits per heavy atom. The third-order valence-corrected chi connectivity index (χ3v) is 3.79. The Bertz CT molecular complexity index is 618. The number of halogens is 1. The Kier molecular flexibility index (Phi) is 4.34. The van der Waals surface area contributed by atoms with Crippen LogP contribution in [-0.4, -0.2) is 23.0 Å². The van der Waals surface area contributed by atoms with Crippen molar-refractivity contribution >= 4 is 21.9 Å². The molecule has 0 fully saturated rings. The second kappa shape index (κ2) is 6.00. The highest BCUT2D eigenvalue weighted by atomic mass is 79.9. The molecule has 1 aromatic heterocycles. The van der Waals surface area contributed by atoms with Crippen LogP contribution < -0.4 is 4.74 Å². The van der Waals surface area contributed by atoms with Crippen LogP contribution >= 0.6 is 15.9 Å². The molecular weight excluding hydrogens is 324 g/mol. The van der Waals surface area contributed by atoms with Crippen LogP contribution in [0.2, 0.25) is 0 Å². The van der Waals surface area contributed by atoms with Gasteiger partial charge in [-0.3, -0.25) is 0 Å². The molecule has 0 aliphatic rings. The molecule has 20 heavy (non-hydrogen) atoms. The molecule has 0 aliphatic heterocycles. The molecule has 0 saturated heterocycles. The van der Waals surface area contributed by atoms with Crippen molar-refractivity contribution in [2.75, 3.05) is 7.11 Å². The molecule has 0 N–H and O–H groups in total. The van der Waals surface area contributed by atoms with Crippen LogP contribution in [-0.2, 0) is 4.74 Å². The van der Waals surface area contributed by atoms with Crippen molar-refractivity contribution in [2.45, 2.75) is 13.8 Å². The molecule has 1 aromatic carbocycles. The van der Waals surface area contributed by atoms with E-state index in [1.165, 1.54) is 7.11 Å². The zero-order chi connectivity index (χ0) is 14.7. The Morgan fingerprint density at radius 1 is 1.10 bits per heavy atom. The lowest BCUT2D eigenvalue weighted by atomic mass is 10.2. The van der Waals surface area contributed by atoms with E-state index in [2.05, 4.69) is 30.6 Å². The number of esters is 1. The summed E-state index contributed by atoms with van der Waals surface area (Å²) in [6.45, 7) is 3.73. The van der Waals surface area contributed by atoms with E-state index in [1.54, 1.807) is 24.3 Å². The van der Waals surface area contributed by atoms with E-state index in [9.17, 15) is 4.79 Å². The number of hydrogen-bond acceptors (Lipinski definition) is 5. The van der Waals surface area contributed by atoms with E-state index >= 15 is 0 Å². The molecule has 2 rings (SSSR count). The number of carbonyl (C=O) groups excluding carboxylic acids is 1. The van der Waals surface area contributed by atoms with Crippen LogP contribution in [0, 0.1) is 13.8 Å². The predicted molar refractivity (Wildman–Crippen MR) is 77.1 cm³/mol. The third-order valence-electron chi connectivity index (χ3n) is 2.65. The maximum atomic E-state index is 11.3. The largest absolute Gasteiger partial charge is 0.465 e. The minimum atomic E-state index is -0.386. The number of carbonyl (C=O) groups is 1. The van der Waals surface area contributed by atoms with Gasteiger partial charge in [0, 0.05) is 0 Å². The second-order valence-electron chi connectivity index (χ2n) is 4.11. The average molecular weight is 337 g/mol. The lowest BCUT2D eigenvalue weighted by Gasteiger charge is -2.07. The van der Waals surface area contributed by atoms with E-state index in [0.29, 0.717) is 11.3 Å². The molecule has 1 heterocycles. The van der Waals surface area contributed by atoms with E-state index in [4.69, 9.17) is 4.74 Å². The van der Waals surface area contributed by atoms with Crippen molar-refractivity contribution in [3.63, 3.8) is 0 Å². The number of hydrogen-bond donors (Lipinski definition) is 0. The number of aromatic nitrogens is 2. The van der Waals surface area contributed by atoms with Crippen LogP contribution in [0.3, 0.4) is 0 Å². The first-order valence-electron chi connectivity index (χ1n) is 5.88. The van der Waals surface area contributed by atoms with Crippen LogP contribution in [0.5, 0.6) is 11.8 Å². The molecule has 6 heteroatoms. The summed E-state index contributed by atoms with van der Waals surface area (Å²) in [6.07, 6.45) is 0. The number of aryl methyl sites for hydroxylation is 2. The smallest absolute Gasteiger partial charge is 0.337 e. The van der Waals surface area contributed by atoms with Gasteiger partial charge in [-0.1, -0.05) is 0 Å². The lowest BCUT2D eigenvalue weighted by Crippen LogP contribution is -2.01. The third kappa shape index (κ3) is 3.14. The van der Waals surface area contributed by atoms with E-state index in [1.807, 2.05) is 13.8 Å². The fourth-order valence-corrected chi connectivity index (χ4v) is 1.78. The number of ether oxygens (including phenoxy) is 2. The topological polar surface area (TPSA) is 61.3 Å². The van der Waals surface area contributed by atoms with Crippen molar-refractivity contribution in [3.8, 4) is 11.8 Å². The van der Waals surface area contributed by atoms with Gasteiger partial charge < -0.3 is 9.47 Å². The zero-order valence-electron chi connectivity index (χ0n) is 11.3. The number of methoxy groups -OCH3 is 1. The van der Waals surface area contributed by atoms with Crippen LogP contribution in [0.15, 0.2) is 28.7 Å². The summed E-state index contributed by atoms with van der Waals surface area (Å²) < 4.78 is 11.1. The van der Waals surface area contributed by atoms with Gasteiger partial charge in [-0.05, 0) is 54.0 Å². The number of rotatable bonds is 3. The van der Waals surface area contributed by atoms with Crippen LogP contribution in [0.4, 0.5) is 0 Å².